The number of esters is 1. The summed E-state index contributed by atoms with van der Waals surface area (Å²) >= 11 is 0. The Balaban J connectivity index is 1.79. The van der Waals surface area contributed by atoms with Gasteiger partial charge < -0.3 is 10.1 Å². The Morgan fingerprint density at radius 1 is 0.970 bits per heavy atom. The normalized spacial score (nSPS) is 17.4. The van der Waals surface area contributed by atoms with Crippen molar-refractivity contribution in [3.05, 3.63) is 83.9 Å². The van der Waals surface area contributed by atoms with E-state index in [0.29, 0.717) is 11.1 Å². The van der Waals surface area contributed by atoms with Crippen molar-refractivity contribution in [2.24, 2.45) is 0 Å². The molecular weight excluding hydrogens is 435 g/mol. The molecule has 1 aliphatic rings. The fourth-order valence-corrected chi connectivity index (χ4v) is 4.17. The highest BCUT2D eigenvalue weighted by atomic mass is 19.4. The van der Waals surface area contributed by atoms with Crippen molar-refractivity contribution < 1.29 is 27.5 Å². The lowest BCUT2D eigenvalue weighted by Gasteiger charge is -2.41. The largest absolute Gasteiger partial charge is 0.465 e. The number of carbonyl (C=O) groups is 2. The molecule has 0 fully saturated rings. The van der Waals surface area contributed by atoms with Crippen molar-refractivity contribution in [3.63, 3.8) is 0 Å². The highest BCUT2D eigenvalue weighted by Gasteiger charge is 2.65. The fraction of sp³-hybridized carbons (Fsp3) is 0.125. The number of Topliss-reactive ketones (excluding diaryl/α,β-unsaturated/α-hetero) is 1. The lowest BCUT2D eigenvalue weighted by atomic mass is 9.88. The number of para-hydroxylation sites is 2. The number of halogens is 3. The topological polar surface area (TPSA) is 73.2 Å². The van der Waals surface area contributed by atoms with E-state index >= 15 is 0 Å². The number of imidazole rings is 1. The van der Waals surface area contributed by atoms with Gasteiger partial charge in [-0.25, -0.2) is 9.78 Å². The van der Waals surface area contributed by atoms with E-state index in [4.69, 9.17) is 0 Å². The van der Waals surface area contributed by atoms with E-state index in [9.17, 15) is 22.8 Å². The Labute approximate surface area is 185 Å². The SMILES string of the molecule is COC(=O)c1ccc(NC2(C(F)(F)F)C(=O)c3ccccc3-c3nc4ccccc4n32)cc1. The van der Waals surface area contributed by atoms with Crippen LogP contribution in [0.2, 0.25) is 0 Å². The van der Waals surface area contributed by atoms with Gasteiger partial charge in [0.05, 0.1) is 23.7 Å². The van der Waals surface area contributed by atoms with Gasteiger partial charge in [-0.15, -0.1) is 0 Å². The van der Waals surface area contributed by atoms with Crippen molar-refractivity contribution in [1.29, 1.82) is 0 Å². The molecule has 4 aromatic rings. The number of nitrogens with zero attached hydrogens (tertiary/aromatic N) is 2. The molecule has 166 valence electrons. The summed E-state index contributed by atoms with van der Waals surface area (Å²) in [6.45, 7) is 0. The molecule has 33 heavy (non-hydrogen) atoms. The number of nitrogens with one attached hydrogen (secondary N) is 1. The first-order chi connectivity index (χ1) is 15.8. The number of rotatable bonds is 3. The molecule has 1 unspecified atom stereocenters. The van der Waals surface area contributed by atoms with E-state index in [-0.39, 0.29) is 28.2 Å². The van der Waals surface area contributed by atoms with Gasteiger partial charge in [0, 0.05) is 16.8 Å². The Morgan fingerprint density at radius 2 is 1.61 bits per heavy atom. The molecule has 5 rings (SSSR count). The quantitative estimate of drug-likeness (QED) is 0.443. The number of hydrogen-bond acceptors (Lipinski definition) is 5. The molecule has 1 atom stereocenters. The standard InChI is InChI=1S/C24H16F3N3O3/c1-33-22(32)14-10-12-15(13-11-14)29-23(24(25,26)27)20(31)16-6-2-3-7-17(16)21-28-18-8-4-5-9-19(18)30(21)23/h2-13,29H,1H3. The first kappa shape index (κ1) is 20.7. The van der Waals surface area contributed by atoms with Crippen LogP contribution in [0.5, 0.6) is 0 Å². The van der Waals surface area contributed by atoms with Crippen LogP contribution in [0.1, 0.15) is 20.7 Å². The number of aromatic nitrogens is 2. The second-order valence-corrected chi connectivity index (χ2v) is 7.54. The summed E-state index contributed by atoms with van der Waals surface area (Å²) < 4.78 is 50.5. The van der Waals surface area contributed by atoms with Gasteiger partial charge in [-0.1, -0.05) is 36.4 Å². The smallest absolute Gasteiger partial charge is 0.438 e. The van der Waals surface area contributed by atoms with Crippen molar-refractivity contribution in [2.45, 2.75) is 11.8 Å². The molecule has 0 radical (unpaired) electrons. The van der Waals surface area contributed by atoms with E-state index in [1.54, 1.807) is 30.3 Å². The van der Waals surface area contributed by atoms with Crippen molar-refractivity contribution in [1.82, 2.24) is 9.55 Å². The molecule has 0 saturated heterocycles. The number of hydrogen-bond donors (Lipinski definition) is 1. The maximum atomic E-state index is 15.0. The molecule has 0 spiro atoms. The third-order valence-corrected chi connectivity index (χ3v) is 5.68. The van der Waals surface area contributed by atoms with Crippen LogP contribution < -0.4 is 5.32 Å². The molecule has 1 N–H and O–H groups in total. The fourth-order valence-electron chi connectivity index (χ4n) is 4.17. The van der Waals surface area contributed by atoms with Crippen LogP contribution in [0.4, 0.5) is 18.9 Å². The van der Waals surface area contributed by atoms with Crippen molar-refractivity contribution in [3.8, 4) is 11.4 Å². The number of ether oxygens (including phenoxy) is 1. The van der Waals surface area contributed by atoms with Crippen LogP contribution in [0.25, 0.3) is 22.4 Å². The van der Waals surface area contributed by atoms with Crippen molar-refractivity contribution in [2.75, 3.05) is 12.4 Å². The number of anilines is 1. The van der Waals surface area contributed by atoms with Gasteiger partial charge >= 0.3 is 12.1 Å². The van der Waals surface area contributed by atoms with Crippen LogP contribution in [0.15, 0.2) is 72.8 Å². The Bertz CT molecular complexity index is 1410. The van der Waals surface area contributed by atoms with Crippen LogP contribution in [-0.2, 0) is 10.4 Å². The Morgan fingerprint density at radius 3 is 2.27 bits per heavy atom. The molecule has 0 amide bonds. The second-order valence-electron chi connectivity index (χ2n) is 7.54. The zero-order valence-electron chi connectivity index (χ0n) is 17.2. The summed E-state index contributed by atoms with van der Waals surface area (Å²) in [7, 11) is 1.21. The molecule has 3 aromatic carbocycles. The highest BCUT2D eigenvalue weighted by molar-refractivity contribution is 6.11. The number of benzene rings is 3. The molecule has 9 heteroatoms. The molecule has 2 heterocycles. The van der Waals surface area contributed by atoms with Gasteiger partial charge in [-0.2, -0.15) is 13.2 Å². The Hall–Kier alpha value is -4.14. The zero-order chi connectivity index (χ0) is 23.4. The monoisotopic (exact) mass is 451 g/mol. The molecule has 1 aliphatic heterocycles. The van der Waals surface area contributed by atoms with E-state index in [1.807, 2.05) is 0 Å². The summed E-state index contributed by atoms with van der Waals surface area (Å²) in [5.74, 6) is -1.75. The van der Waals surface area contributed by atoms with Gasteiger partial charge in [-0.05, 0) is 36.4 Å². The zero-order valence-corrected chi connectivity index (χ0v) is 17.2. The first-order valence-electron chi connectivity index (χ1n) is 9.93. The van der Waals surface area contributed by atoms with Crippen LogP contribution in [-0.4, -0.2) is 34.6 Å². The van der Waals surface area contributed by atoms with E-state index in [0.717, 1.165) is 4.57 Å². The second kappa shape index (κ2) is 7.19. The van der Waals surface area contributed by atoms with Gasteiger partial charge in [0.25, 0.3) is 5.66 Å². The highest BCUT2D eigenvalue weighted by Crippen LogP contribution is 2.48. The van der Waals surface area contributed by atoms with Crippen molar-refractivity contribution >= 4 is 28.5 Å². The van der Waals surface area contributed by atoms with E-state index < -0.39 is 23.6 Å². The van der Waals surface area contributed by atoms with E-state index in [1.165, 1.54) is 49.6 Å². The number of methoxy groups -OCH3 is 1. The molecule has 0 saturated carbocycles. The predicted octanol–water partition coefficient (Wildman–Crippen LogP) is 5.01. The van der Waals surface area contributed by atoms with Gasteiger partial charge in [-0.3, -0.25) is 9.36 Å². The molecule has 6 nitrogen and oxygen atoms in total. The minimum atomic E-state index is -5.04. The van der Waals surface area contributed by atoms with Gasteiger partial charge in [0.2, 0.25) is 5.78 Å². The Kier molecular flexibility index (Phi) is 4.52. The molecule has 1 aromatic heterocycles. The lowest BCUT2D eigenvalue weighted by molar-refractivity contribution is -0.186. The molecule has 0 aliphatic carbocycles. The summed E-state index contributed by atoms with van der Waals surface area (Å²) in [4.78, 5) is 29.8. The maximum Gasteiger partial charge on any atom is 0.438 e. The summed E-state index contributed by atoms with van der Waals surface area (Å²) in [6.07, 6.45) is -5.04. The molecule has 0 bridgehead atoms. The average molecular weight is 451 g/mol. The van der Waals surface area contributed by atoms with Gasteiger partial charge in [0.1, 0.15) is 5.82 Å². The minimum Gasteiger partial charge on any atom is -0.465 e. The number of ketones is 1. The summed E-state index contributed by atoms with van der Waals surface area (Å²) in [5, 5.41) is 2.44. The number of alkyl halides is 3. The third kappa shape index (κ3) is 2.92. The van der Waals surface area contributed by atoms with E-state index in [2.05, 4.69) is 15.0 Å². The average Bonchev–Trinajstić information content (AvgIpc) is 3.21. The predicted molar refractivity (Wildman–Crippen MR) is 115 cm³/mol. The number of fused-ring (bicyclic) bond motifs is 5. The van der Waals surface area contributed by atoms with Crippen LogP contribution in [0.3, 0.4) is 0 Å². The summed E-state index contributed by atoms with van der Waals surface area (Å²) in [6, 6.07) is 17.7. The number of carbonyl (C=O) groups excluding carboxylic acids is 2. The summed E-state index contributed by atoms with van der Waals surface area (Å²) in [5.41, 5.74) is -2.27. The lowest BCUT2D eigenvalue weighted by Crippen LogP contribution is -2.61. The third-order valence-electron chi connectivity index (χ3n) is 5.68. The van der Waals surface area contributed by atoms with Gasteiger partial charge in [0.15, 0.2) is 0 Å². The van der Waals surface area contributed by atoms with Crippen LogP contribution in [0, 0.1) is 0 Å². The maximum absolute atomic E-state index is 15.0. The first-order valence-corrected chi connectivity index (χ1v) is 9.93. The van der Waals surface area contributed by atoms with Crippen LogP contribution >= 0.6 is 0 Å². The molecular formula is C24H16F3N3O3. The minimum absolute atomic E-state index is 0.00330.